The number of nitrogens with zero attached hydrogens (tertiary/aromatic N) is 1. The molecule has 3 rings (SSSR count). The number of para-hydroxylation sites is 1. The fraction of sp³-hybridized carbons (Fsp3) is 0.235. The molecule has 0 aromatic heterocycles. The first-order chi connectivity index (χ1) is 9.69. The maximum absolute atomic E-state index is 12.9. The average molecular weight is 267 g/mol. The summed E-state index contributed by atoms with van der Waals surface area (Å²) < 4.78 is 0. The molecule has 1 aliphatic heterocycles. The zero-order valence-corrected chi connectivity index (χ0v) is 11.7. The van der Waals surface area contributed by atoms with Crippen LogP contribution in [0.2, 0.25) is 0 Å². The minimum Gasteiger partial charge on any atom is -0.291 e. The molecule has 0 fully saturated rings. The summed E-state index contributed by atoms with van der Waals surface area (Å²) in [6.07, 6.45) is 0. The molecular formula is C17H17NO2. The molecule has 0 radical (unpaired) electrons. The molecule has 0 N–H and O–H groups in total. The van der Waals surface area contributed by atoms with Crippen molar-refractivity contribution in [2.24, 2.45) is 0 Å². The van der Waals surface area contributed by atoms with Crippen LogP contribution in [0.5, 0.6) is 0 Å². The summed E-state index contributed by atoms with van der Waals surface area (Å²) in [7, 11) is 0. The lowest BCUT2D eigenvalue weighted by molar-refractivity contribution is 0.0570. The standard InChI is InChI=1S/C17H17NO2/c1-3-20-18-15-12-8-7-11-14(15)16(19)17(18,2)13-9-5-4-6-10-13/h4-12H,3H2,1-2H3. The minimum absolute atomic E-state index is 0.0766. The first kappa shape index (κ1) is 12.9. The predicted octanol–water partition coefficient (Wildman–Crippen LogP) is 3.56. The van der Waals surface area contributed by atoms with E-state index in [2.05, 4.69) is 0 Å². The molecule has 1 unspecified atom stereocenters. The Kier molecular flexibility index (Phi) is 3.07. The van der Waals surface area contributed by atoms with E-state index < -0.39 is 5.54 Å². The Balaban J connectivity index is 2.18. The van der Waals surface area contributed by atoms with Crippen molar-refractivity contribution in [2.45, 2.75) is 19.4 Å². The number of hydrogen-bond acceptors (Lipinski definition) is 3. The van der Waals surface area contributed by atoms with E-state index in [-0.39, 0.29) is 5.78 Å². The first-order valence-corrected chi connectivity index (χ1v) is 6.82. The molecule has 2 aromatic rings. The topological polar surface area (TPSA) is 29.5 Å². The molecule has 0 saturated carbocycles. The van der Waals surface area contributed by atoms with E-state index >= 15 is 0 Å². The van der Waals surface area contributed by atoms with Crippen LogP contribution in [-0.4, -0.2) is 12.4 Å². The number of Topliss-reactive ketones (excluding diaryl/α,β-unsaturated/α-hetero) is 1. The minimum atomic E-state index is -0.805. The van der Waals surface area contributed by atoms with Gasteiger partial charge in [-0.15, -0.1) is 0 Å². The SMILES string of the molecule is CCON1c2ccccc2C(=O)C1(C)c1ccccc1. The van der Waals surface area contributed by atoms with Crippen molar-refractivity contribution in [2.75, 3.05) is 11.7 Å². The fourth-order valence-corrected chi connectivity index (χ4v) is 2.78. The Labute approximate surface area is 118 Å². The van der Waals surface area contributed by atoms with Crippen molar-refractivity contribution in [1.29, 1.82) is 0 Å². The molecule has 102 valence electrons. The summed E-state index contributed by atoms with van der Waals surface area (Å²) in [5.74, 6) is 0.0766. The van der Waals surface area contributed by atoms with E-state index in [1.807, 2.05) is 68.4 Å². The van der Waals surface area contributed by atoms with Crippen LogP contribution in [0.15, 0.2) is 54.6 Å². The highest BCUT2D eigenvalue weighted by atomic mass is 16.7. The van der Waals surface area contributed by atoms with Crippen LogP contribution in [0.1, 0.15) is 29.8 Å². The number of carbonyl (C=O) groups is 1. The van der Waals surface area contributed by atoms with Gasteiger partial charge in [0, 0.05) is 5.56 Å². The average Bonchev–Trinajstić information content (AvgIpc) is 2.72. The number of hydroxylamine groups is 1. The van der Waals surface area contributed by atoms with Gasteiger partial charge in [0.1, 0.15) is 0 Å². The molecule has 0 bridgehead atoms. The van der Waals surface area contributed by atoms with Gasteiger partial charge in [-0.3, -0.25) is 9.63 Å². The summed E-state index contributed by atoms with van der Waals surface area (Å²) in [6, 6.07) is 17.4. The van der Waals surface area contributed by atoms with Gasteiger partial charge in [-0.1, -0.05) is 42.5 Å². The van der Waals surface area contributed by atoms with Crippen LogP contribution >= 0.6 is 0 Å². The summed E-state index contributed by atoms with van der Waals surface area (Å²) >= 11 is 0. The van der Waals surface area contributed by atoms with Gasteiger partial charge in [0.05, 0.1) is 12.3 Å². The summed E-state index contributed by atoms with van der Waals surface area (Å²) in [5, 5.41) is 1.75. The van der Waals surface area contributed by atoms with Gasteiger partial charge in [-0.05, 0) is 31.5 Å². The van der Waals surface area contributed by atoms with Gasteiger partial charge in [-0.2, -0.15) is 0 Å². The number of hydrogen-bond donors (Lipinski definition) is 0. The molecule has 0 saturated heterocycles. The largest absolute Gasteiger partial charge is 0.291 e. The van der Waals surface area contributed by atoms with Crippen LogP contribution in [0, 0.1) is 0 Å². The normalized spacial score (nSPS) is 21.1. The van der Waals surface area contributed by atoms with Crippen LogP contribution in [0.4, 0.5) is 5.69 Å². The molecule has 1 heterocycles. The van der Waals surface area contributed by atoms with Crippen molar-refractivity contribution in [3.63, 3.8) is 0 Å². The molecule has 0 spiro atoms. The molecule has 0 amide bonds. The molecule has 1 aliphatic rings. The summed E-state index contributed by atoms with van der Waals surface area (Å²) in [6.45, 7) is 4.36. The molecule has 3 heteroatoms. The third-order valence-corrected chi connectivity index (χ3v) is 3.81. The Bertz CT molecular complexity index is 638. The van der Waals surface area contributed by atoms with Crippen LogP contribution in [0.25, 0.3) is 0 Å². The zero-order chi connectivity index (χ0) is 14.2. The second-order valence-electron chi connectivity index (χ2n) is 5.00. The van der Waals surface area contributed by atoms with Gasteiger partial charge in [0.2, 0.25) is 0 Å². The molecule has 2 aromatic carbocycles. The third kappa shape index (κ3) is 1.67. The van der Waals surface area contributed by atoms with E-state index in [1.54, 1.807) is 5.06 Å². The summed E-state index contributed by atoms with van der Waals surface area (Å²) in [4.78, 5) is 18.7. The molecule has 1 atom stereocenters. The maximum atomic E-state index is 12.9. The highest BCUT2D eigenvalue weighted by Gasteiger charge is 2.49. The van der Waals surface area contributed by atoms with E-state index in [1.165, 1.54) is 0 Å². The van der Waals surface area contributed by atoms with Gasteiger partial charge < -0.3 is 0 Å². The fourth-order valence-electron chi connectivity index (χ4n) is 2.78. The number of carbonyl (C=O) groups excluding carboxylic acids is 1. The molecular weight excluding hydrogens is 250 g/mol. The van der Waals surface area contributed by atoms with Gasteiger partial charge in [-0.25, -0.2) is 5.06 Å². The Morgan fingerprint density at radius 2 is 1.70 bits per heavy atom. The lowest BCUT2D eigenvalue weighted by atomic mass is 9.87. The van der Waals surface area contributed by atoms with Crippen molar-refractivity contribution in [3.8, 4) is 0 Å². The van der Waals surface area contributed by atoms with E-state index in [0.29, 0.717) is 12.2 Å². The highest BCUT2D eigenvalue weighted by molar-refractivity contribution is 6.13. The Hall–Kier alpha value is -2.13. The third-order valence-electron chi connectivity index (χ3n) is 3.81. The van der Waals surface area contributed by atoms with Gasteiger partial charge in [0.25, 0.3) is 0 Å². The van der Waals surface area contributed by atoms with Crippen LogP contribution < -0.4 is 5.06 Å². The lowest BCUT2D eigenvalue weighted by Crippen LogP contribution is -2.45. The molecule has 0 aliphatic carbocycles. The Morgan fingerprint density at radius 3 is 2.40 bits per heavy atom. The predicted molar refractivity (Wildman–Crippen MR) is 78.7 cm³/mol. The molecule has 3 nitrogen and oxygen atoms in total. The number of anilines is 1. The number of fused-ring (bicyclic) bond motifs is 1. The van der Waals surface area contributed by atoms with Crippen LogP contribution in [-0.2, 0) is 10.4 Å². The monoisotopic (exact) mass is 267 g/mol. The lowest BCUT2D eigenvalue weighted by Gasteiger charge is -2.34. The maximum Gasteiger partial charge on any atom is 0.197 e. The van der Waals surface area contributed by atoms with E-state index in [0.717, 1.165) is 11.3 Å². The summed E-state index contributed by atoms with van der Waals surface area (Å²) in [5.41, 5.74) is 1.69. The van der Waals surface area contributed by atoms with Gasteiger partial charge >= 0.3 is 0 Å². The second kappa shape index (κ2) is 4.76. The number of benzene rings is 2. The number of ketones is 1. The number of rotatable bonds is 3. The van der Waals surface area contributed by atoms with E-state index in [4.69, 9.17) is 4.84 Å². The van der Waals surface area contributed by atoms with Gasteiger partial charge in [0.15, 0.2) is 11.3 Å². The smallest absolute Gasteiger partial charge is 0.197 e. The zero-order valence-electron chi connectivity index (χ0n) is 11.7. The van der Waals surface area contributed by atoms with Crippen molar-refractivity contribution in [1.82, 2.24) is 0 Å². The van der Waals surface area contributed by atoms with Crippen molar-refractivity contribution in [3.05, 3.63) is 65.7 Å². The second-order valence-corrected chi connectivity index (χ2v) is 5.00. The highest BCUT2D eigenvalue weighted by Crippen LogP contribution is 2.44. The van der Waals surface area contributed by atoms with Crippen molar-refractivity contribution < 1.29 is 9.63 Å². The molecule has 20 heavy (non-hydrogen) atoms. The first-order valence-electron chi connectivity index (χ1n) is 6.82. The Morgan fingerprint density at radius 1 is 1.05 bits per heavy atom. The quantitative estimate of drug-likeness (QED) is 0.851. The van der Waals surface area contributed by atoms with Crippen molar-refractivity contribution >= 4 is 11.5 Å². The van der Waals surface area contributed by atoms with E-state index in [9.17, 15) is 4.79 Å². The van der Waals surface area contributed by atoms with Crippen LogP contribution in [0.3, 0.4) is 0 Å².